The Morgan fingerprint density at radius 3 is 2.61 bits per heavy atom. The van der Waals surface area contributed by atoms with Crippen LogP contribution in [-0.4, -0.2) is 30.5 Å². The number of carbonyl (C=O) groups excluding carboxylic acids is 1. The first-order valence-corrected chi connectivity index (χ1v) is 10.7. The first-order valence-electron chi connectivity index (χ1n) is 10.3. The number of rotatable bonds is 3. The topological polar surface area (TPSA) is 36.4 Å². The maximum Gasteiger partial charge on any atom is 0.230 e. The standard InChI is InChI=1S/C23H28ClN3O/c1-16(2)18-5-7-21-19(14-18)4-3-11-27(21)23(28)17-9-12-26(13-10-17)22-8-6-20(24)15-25-22/h5-8,14-17H,3-4,9-13H2,1-2H3. The van der Waals surface area contributed by atoms with Crippen LogP contribution < -0.4 is 9.80 Å². The molecule has 28 heavy (non-hydrogen) atoms. The van der Waals surface area contributed by atoms with E-state index in [1.165, 1.54) is 11.1 Å². The molecule has 0 bridgehead atoms. The quantitative estimate of drug-likeness (QED) is 0.726. The fourth-order valence-corrected chi connectivity index (χ4v) is 4.45. The summed E-state index contributed by atoms with van der Waals surface area (Å²) in [6.07, 6.45) is 5.55. The Hall–Kier alpha value is -2.07. The van der Waals surface area contributed by atoms with E-state index in [1.807, 2.05) is 17.0 Å². The van der Waals surface area contributed by atoms with E-state index in [0.717, 1.165) is 56.8 Å². The van der Waals surface area contributed by atoms with Gasteiger partial charge in [0.15, 0.2) is 0 Å². The highest BCUT2D eigenvalue weighted by atomic mass is 35.5. The second kappa shape index (κ2) is 8.12. The second-order valence-electron chi connectivity index (χ2n) is 8.23. The van der Waals surface area contributed by atoms with Gasteiger partial charge in [-0.25, -0.2) is 4.98 Å². The van der Waals surface area contributed by atoms with Crippen molar-refractivity contribution in [3.8, 4) is 0 Å². The average Bonchev–Trinajstić information content (AvgIpc) is 2.73. The number of amides is 1. The summed E-state index contributed by atoms with van der Waals surface area (Å²) < 4.78 is 0. The van der Waals surface area contributed by atoms with Gasteiger partial charge in [-0.3, -0.25) is 4.79 Å². The van der Waals surface area contributed by atoms with Crippen molar-refractivity contribution < 1.29 is 4.79 Å². The van der Waals surface area contributed by atoms with Gasteiger partial charge in [-0.1, -0.05) is 37.6 Å². The van der Waals surface area contributed by atoms with Crippen LogP contribution in [0.5, 0.6) is 0 Å². The summed E-state index contributed by atoms with van der Waals surface area (Å²) in [5, 5.41) is 0.651. The van der Waals surface area contributed by atoms with E-state index < -0.39 is 0 Å². The van der Waals surface area contributed by atoms with Gasteiger partial charge in [0.05, 0.1) is 5.02 Å². The Labute approximate surface area is 172 Å². The third-order valence-corrected chi connectivity index (χ3v) is 6.26. The van der Waals surface area contributed by atoms with E-state index in [9.17, 15) is 4.79 Å². The zero-order valence-electron chi connectivity index (χ0n) is 16.7. The lowest BCUT2D eigenvalue weighted by Crippen LogP contribution is -2.44. The van der Waals surface area contributed by atoms with Crippen LogP contribution in [0.15, 0.2) is 36.5 Å². The largest absolute Gasteiger partial charge is 0.357 e. The summed E-state index contributed by atoms with van der Waals surface area (Å²) in [6.45, 7) is 7.00. The van der Waals surface area contributed by atoms with E-state index >= 15 is 0 Å². The van der Waals surface area contributed by atoms with Crippen molar-refractivity contribution in [1.29, 1.82) is 0 Å². The van der Waals surface area contributed by atoms with Crippen molar-refractivity contribution in [2.75, 3.05) is 29.4 Å². The zero-order chi connectivity index (χ0) is 19.7. The van der Waals surface area contributed by atoms with Crippen LogP contribution in [0.2, 0.25) is 5.02 Å². The molecule has 0 unspecified atom stereocenters. The molecule has 1 fully saturated rings. The molecule has 5 heteroatoms. The van der Waals surface area contributed by atoms with Gasteiger partial charge >= 0.3 is 0 Å². The SMILES string of the molecule is CC(C)c1ccc2c(c1)CCCN2C(=O)C1CCN(c2ccc(Cl)cn2)CC1. The Morgan fingerprint density at radius 1 is 1.14 bits per heavy atom. The minimum atomic E-state index is 0.0966. The maximum absolute atomic E-state index is 13.3. The van der Waals surface area contributed by atoms with Crippen molar-refractivity contribution in [3.63, 3.8) is 0 Å². The van der Waals surface area contributed by atoms with Crippen LogP contribution in [0.3, 0.4) is 0 Å². The molecule has 3 heterocycles. The van der Waals surface area contributed by atoms with Crippen LogP contribution >= 0.6 is 11.6 Å². The Kier molecular flexibility index (Phi) is 5.58. The fourth-order valence-electron chi connectivity index (χ4n) is 4.34. The number of carbonyl (C=O) groups is 1. The molecular formula is C23H28ClN3O. The summed E-state index contributed by atoms with van der Waals surface area (Å²) in [6, 6.07) is 10.5. The molecule has 1 aromatic heterocycles. The van der Waals surface area contributed by atoms with Crippen LogP contribution in [0.1, 0.15) is 50.2 Å². The summed E-state index contributed by atoms with van der Waals surface area (Å²) in [4.78, 5) is 22.0. The third-order valence-electron chi connectivity index (χ3n) is 6.03. The highest BCUT2D eigenvalue weighted by Gasteiger charge is 2.31. The molecule has 2 aliphatic heterocycles. The Bertz CT molecular complexity index is 841. The molecule has 1 saturated heterocycles. The first-order chi connectivity index (χ1) is 13.5. The molecule has 148 valence electrons. The molecule has 4 rings (SSSR count). The third kappa shape index (κ3) is 3.88. The van der Waals surface area contributed by atoms with Gasteiger partial charge in [-0.05, 0) is 60.9 Å². The normalized spacial score (nSPS) is 17.7. The predicted octanol–water partition coefficient (Wildman–Crippen LogP) is 5.05. The molecular weight excluding hydrogens is 370 g/mol. The minimum absolute atomic E-state index is 0.0966. The minimum Gasteiger partial charge on any atom is -0.357 e. The number of hydrogen-bond donors (Lipinski definition) is 0. The van der Waals surface area contributed by atoms with E-state index in [2.05, 4.69) is 41.9 Å². The zero-order valence-corrected chi connectivity index (χ0v) is 17.5. The smallest absolute Gasteiger partial charge is 0.230 e. The maximum atomic E-state index is 13.3. The van der Waals surface area contributed by atoms with Crippen LogP contribution in [0.4, 0.5) is 11.5 Å². The number of piperidine rings is 1. The van der Waals surface area contributed by atoms with Crippen molar-refractivity contribution in [2.45, 2.75) is 45.4 Å². The molecule has 4 nitrogen and oxygen atoms in total. The number of fused-ring (bicyclic) bond motifs is 1. The molecule has 0 radical (unpaired) electrons. The molecule has 0 aliphatic carbocycles. The van der Waals surface area contributed by atoms with Gasteiger partial charge in [0.2, 0.25) is 5.91 Å². The van der Waals surface area contributed by atoms with Crippen LogP contribution in [-0.2, 0) is 11.2 Å². The number of nitrogens with zero attached hydrogens (tertiary/aromatic N) is 3. The number of aryl methyl sites for hydroxylation is 1. The van der Waals surface area contributed by atoms with Gasteiger partial charge in [-0.2, -0.15) is 0 Å². The molecule has 2 aromatic rings. The summed E-state index contributed by atoms with van der Waals surface area (Å²) >= 11 is 5.94. The number of anilines is 2. The molecule has 0 N–H and O–H groups in total. The van der Waals surface area contributed by atoms with Crippen LogP contribution in [0.25, 0.3) is 0 Å². The summed E-state index contributed by atoms with van der Waals surface area (Å²) in [7, 11) is 0. The predicted molar refractivity (Wildman–Crippen MR) is 115 cm³/mol. The van der Waals surface area contributed by atoms with E-state index in [1.54, 1.807) is 6.20 Å². The number of halogens is 1. The fraction of sp³-hybridized carbons (Fsp3) is 0.478. The molecule has 2 aliphatic rings. The van der Waals surface area contributed by atoms with Crippen molar-refractivity contribution in [2.24, 2.45) is 5.92 Å². The molecule has 1 aromatic carbocycles. The molecule has 1 amide bonds. The lowest BCUT2D eigenvalue weighted by molar-refractivity contribution is -0.123. The van der Waals surface area contributed by atoms with E-state index in [-0.39, 0.29) is 5.92 Å². The Morgan fingerprint density at radius 2 is 1.93 bits per heavy atom. The van der Waals surface area contributed by atoms with Gasteiger partial charge in [-0.15, -0.1) is 0 Å². The summed E-state index contributed by atoms with van der Waals surface area (Å²) in [5.41, 5.74) is 3.81. The van der Waals surface area contributed by atoms with E-state index in [4.69, 9.17) is 11.6 Å². The molecule has 0 saturated carbocycles. The number of aromatic nitrogens is 1. The van der Waals surface area contributed by atoms with E-state index in [0.29, 0.717) is 16.8 Å². The van der Waals surface area contributed by atoms with Gasteiger partial charge in [0, 0.05) is 37.4 Å². The number of pyridine rings is 1. The van der Waals surface area contributed by atoms with Crippen molar-refractivity contribution >= 4 is 29.0 Å². The second-order valence-corrected chi connectivity index (χ2v) is 8.67. The summed E-state index contributed by atoms with van der Waals surface area (Å²) in [5.74, 6) is 1.85. The highest BCUT2D eigenvalue weighted by molar-refractivity contribution is 6.30. The van der Waals surface area contributed by atoms with Gasteiger partial charge < -0.3 is 9.80 Å². The molecule has 0 atom stereocenters. The van der Waals surface area contributed by atoms with Crippen molar-refractivity contribution in [3.05, 3.63) is 52.7 Å². The lowest BCUT2D eigenvalue weighted by atomic mass is 9.91. The first kappa shape index (κ1) is 19.3. The highest BCUT2D eigenvalue weighted by Crippen LogP contribution is 2.33. The van der Waals surface area contributed by atoms with Gasteiger partial charge in [0.1, 0.15) is 5.82 Å². The number of hydrogen-bond acceptors (Lipinski definition) is 3. The van der Waals surface area contributed by atoms with Gasteiger partial charge in [0.25, 0.3) is 0 Å². The average molecular weight is 398 g/mol. The lowest BCUT2D eigenvalue weighted by Gasteiger charge is -2.37. The molecule has 0 spiro atoms. The van der Waals surface area contributed by atoms with Crippen LogP contribution in [0, 0.1) is 5.92 Å². The number of benzene rings is 1. The van der Waals surface area contributed by atoms with Crippen molar-refractivity contribution in [1.82, 2.24) is 4.98 Å². The Balaban J connectivity index is 1.44. The monoisotopic (exact) mass is 397 g/mol.